The molecule has 0 spiro atoms. The highest BCUT2D eigenvalue weighted by Gasteiger charge is 2.07. The van der Waals surface area contributed by atoms with Crippen molar-refractivity contribution in [2.75, 3.05) is 5.73 Å². The van der Waals surface area contributed by atoms with Gasteiger partial charge in [-0.25, -0.2) is 4.98 Å². The topological polar surface area (TPSA) is 56.7 Å². The highest BCUT2D eigenvalue weighted by molar-refractivity contribution is 7.18. The van der Waals surface area contributed by atoms with Crippen LogP contribution in [0.2, 0.25) is 0 Å². The Balaban J connectivity index is 1.78. The van der Waals surface area contributed by atoms with Crippen molar-refractivity contribution in [1.82, 2.24) is 14.8 Å². The summed E-state index contributed by atoms with van der Waals surface area (Å²) in [5.74, 6) is 0. The van der Waals surface area contributed by atoms with Gasteiger partial charge < -0.3 is 5.73 Å². The monoisotopic (exact) mass is 280 g/mol. The van der Waals surface area contributed by atoms with Crippen LogP contribution in [0, 0.1) is 0 Å². The van der Waals surface area contributed by atoms with E-state index < -0.39 is 0 Å². The minimum atomic E-state index is 0.673. The first-order valence-electron chi connectivity index (χ1n) is 6.35. The Morgan fingerprint density at radius 3 is 2.95 bits per heavy atom. The molecule has 0 unspecified atom stereocenters. The van der Waals surface area contributed by atoms with E-state index in [4.69, 9.17) is 5.73 Å². The van der Waals surface area contributed by atoms with Crippen LogP contribution in [-0.4, -0.2) is 14.8 Å². The van der Waals surface area contributed by atoms with Gasteiger partial charge >= 0.3 is 0 Å². The van der Waals surface area contributed by atoms with Gasteiger partial charge in [-0.15, -0.1) is 11.3 Å². The van der Waals surface area contributed by atoms with Crippen LogP contribution in [0.5, 0.6) is 0 Å². The van der Waals surface area contributed by atoms with Crippen molar-refractivity contribution in [3.8, 4) is 0 Å². The summed E-state index contributed by atoms with van der Waals surface area (Å²) in [6.45, 7) is 0.673. The fraction of sp³-hybridized carbons (Fsp3) is 0.0667. The van der Waals surface area contributed by atoms with E-state index in [-0.39, 0.29) is 0 Å². The lowest BCUT2D eigenvalue weighted by Crippen LogP contribution is -2.01. The third kappa shape index (κ3) is 1.83. The van der Waals surface area contributed by atoms with E-state index in [9.17, 15) is 0 Å². The number of hydrogen-bond acceptors (Lipinski definition) is 4. The summed E-state index contributed by atoms with van der Waals surface area (Å²) in [5.41, 5.74) is 8.70. The summed E-state index contributed by atoms with van der Waals surface area (Å²) >= 11 is 1.71. The van der Waals surface area contributed by atoms with Gasteiger partial charge in [0.2, 0.25) is 0 Å². The van der Waals surface area contributed by atoms with Crippen molar-refractivity contribution in [1.29, 1.82) is 0 Å². The molecule has 4 nitrogen and oxygen atoms in total. The van der Waals surface area contributed by atoms with Crippen molar-refractivity contribution in [3.63, 3.8) is 0 Å². The fourth-order valence-electron chi connectivity index (χ4n) is 2.33. The summed E-state index contributed by atoms with van der Waals surface area (Å²) < 4.78 is 3.15. The molecular weight excluding hydrogens is 268 g/mol. The largest absolute Gasteiger partial charge is 0.399 e. The highest BCUT2D eigenvalue weighted by Crippen LogP contribution is 2.24. The Hall–Kier alpha value is -2.40. The number of para-hydroxylation sites is 1. The maximum atomic E-state index is 5.85. The second-order valence-corrected chi connectivity index (χ2v) is 5.81. The summed E-state index contributed by atoms with van der Waals surface area (Å²) in [7, 11) is 0. The molecule has 0 bridgehead atoms. The molecule has 0 atom stereocenters. The molecule has 20 heavy (non-hydrogen) atoms. The van der Waals surface area contributed by atoms with Crippen molar-refractivity contribution < 1.29 is 0 Å². The number of anilines is 1. The van der Waals surface area contributed by atoms with Gasteiger partial charge in [-0.05, 0) is 30.3 Å². The van der Waals surface area contributed by atoms with Gasteiger partial charge in [0.15, 0.2) is 0 Å². The second-order valence-electron chi connectivity index (χ2n) is 4.70. The summed E-state index contributed by atoms with van der Waals surface area (Å²) in [5, 5.41) is 6.58. The molecule has 0 fully saturated rings. The number of hydrogen-bond donors (Lipinski definition) is 1. The van der Waals surface area contributed by atoms with E-state index >= 15 is 0 Å². The number of benzene rings is 2. The first-order chi connectivity index (χ1) is 9.79. The molecule has 4 rings (SSSR count). The maximum absolute atomic E-state index is 5.85. The molecule has 0 aliphatic rings. The molecule has 2 heterocycles. The molecule has 2 N–H and O–H groups in total. The Bertz CT molecular complexity index is 873. The van der Waals surface area contributed by atoms with Crippen LogP contribution in [0.3, 0.4) is 0 Å². The first kappa shape index (κ1) is 11.4. The summed E-state index contributed by atoms with van der Waals surface area (Å²) in [6.07, 6.45) is 1.86. The van der Waals surface area contributed by atoms with Crippen LogP contribution in [0.25, 0.3) is 21.1 Å². The number of nitrogens with zero attached hydrogens (tertiary/aromatic N) is 3. The molecule has 0 saturated heterocycles. The van der Waals surface area contributed by atoms with E-state index in [0.29, 0.717) is 6.54 Å². The third-order valence-electron chi connectivity index (χ3n) is 3.29. The molecule has 0 amide bonds. The average Bonchev–Trinajstić information content (AvgIpc) is 3.03. The molecule has 0 radical (unpaired) electrons. The van der Waals surface area contributed by atoms with Gasteiger partial charge in [0.05, 0.1) is 28.5 Å². The molecule has 4 aromatic rings. The van der Waals surface area contributed by atoms with Gasteiger partial charge in [-0.2, -0.15) is 5.10 Å². The van der Waals surface area contributed by atoms with Crippen molar-refractivity contribution in [3.05, 3.63) is 53.7 Å². The Kier molecular flexibility index (Phi) is 2.47. The van der Waals surface area contributed by atoms with Gasteiger partial charge in [-0.1, -0.05) is 12.1 Å². The lowest BCUT2D eigenvalue weighted by Gasteiger charge is -2.01. The van der Waals surface area contributed by atoms with E-state index in [1.54, 1.807) is 11.3 Å². The molecule has 2 aromatic heterocycles. The van der Waals surface area contributed by atoms with E-state index in [1.807, 2.05) is 47.3 Å². The molecule has 0 aliphatic heterocycles. The minimum Gasteiger partial charge on any atom is -0.399 e. The third-order valence-corrected chi connectivity index (χ3v) is 4.31. The molecular formula is C15H12N4S. The lowest BCUT2D eigenvalue weighted by molar-refractivity contribution is 0.709. The van der Waals surface area contributed by atoms with Gasteiger partial charge in [-0.3, -0.25) is 4.68 Å². The van der Waals surface area contributed by atoms with Crippen LogP contribution in [0.4, 0.5) is 5.69 Å². The van der Waals surface area contributed by atoms with E-state index in [1.165, 1.54) is 4.70 Å². The molecule has 0 saturated carbocycles. The Morgan fingerprint density at radius 2 is 2.05 bits per heavy atom. The zero-order valence-corrected chi connectivity index (χ0v) is 11.5. The highest BCUT2D eigenvalue weighted by atomic mass is 32.1. The SMILES string of the molecule is Nc1ccc2cnn(Cc3nc4ccccc4s3)c2c1. The standard InChI is InChI=1S/C15H12N4S/c16-11-6-5-10-8-17-19(13(10)7-11)9-15-18-12-3-1-2-4-14(12)20-15/h1-8H,9,16H2. The van der Waals surface area contributed by atoms with Crippen molar-refractivity contribution in [2.45, 2.75) is 6.54 Å². The van der Waals surface area contributed by atoms with E-state index in [0.717, 1.165) is 27.1 Å². The van der Waals surface area contributed by atoms with Crippen molar-refractivity contribution >= 4 is 38.1 Å². The predicted molar refractivity (Wildman–Crippen MR) is 82.9 cm³/mol. The quantitative estimate of drug-likeness (QED) is 0.573. The fourth-order valence-corrected chi connectivity index (χ4v) is 3.28. The number of rotatable bonds is 2. The average molecular weight is 280 g/mol. The van der Waals surface area contributed by atoms with Gasteiger partial charge in [0.1, 0.15) is 5.01 Å². The molecule has 98 valence electrons. The number of fused-ring (bicyclic) bond motifs is 2. The number of nitrogens with two attached hydrogens (primary N) is 1. The Morgan fingerprint density at radius 1 is 1.15 bits per heavy atom. The smallest absolute Gasteiger partial charge is 0.115 e. The van der Waals surface area contributed by atoms with Crippen LogP contribution < -0.4 is 5.73 Å². The van der Waals surface area contributed by atoms with Crippen LogP contribution in [0.1, 0.15) is 5.01 Å². The maximum Gasteiger partial charge on any atom is 0.115 e. The Labute approximate surface area is 119 Å². The summed E-state index contributed by atoms with van der Waals surface area (Å²) in [4.78, 5) is 4.64. The first-order valence-corrected chi connectivity index (χ1v) is 7.17. The lowest BCUT2D eigenvalue weighted by atomic mass is 10.2. The van der Waals surface area contributed by atoms with Crippen LogP contribution >= 0.6 is 11.3 Å². The second kappa shape index (κ2) is 4.31. The zero-order valence-electron chi connectivity index (χ0n) is 10.7. The summed E-state index contributed by atoms with van der Waals surface area (Å²) in [6, 6.07) is 14.0. The molecule has 5 heteroatoms. The van der Waals surface area contributed by atoms with E-state index in [2.05, 4.69) is 16.1 Å². The van der Waals surface area contributed by atoms with Crippen LogP contribution in [-0.2, 0) is 6.54 Å². The number of aromatic nitrogens is 3. The number of nitrogen functional groups attached to an aromatic ring is 1. The van der Waals surface area contributed by atoms with Gasteiger partial charge in [0, 0.05) is 11.1 Å². The predicted octanol–water partition coefficient (Wildman–Crippen LogP) is 3.28. The zero-order chi connectivity index (χ0) is 13.5. The van der Waals surface area contributed by atoms with Crippen LogP contribution in [0.15, 0.2) is 48.7 Å². The number of thiazole rings is 1. The van der Waals surface area contributed by atoms with Gasteiger partial charge in [0.25, 0.3) is 0 Å². The normalized spacial score (nSPS) is 11.4. The molecule has 2 aromatic carbocycles. The molecule has 0 aliphatic carbocycles. The van der Waals surface area contributed by atoms with Crippen molar-refractivity contribution in [2.24, 2.45) is 0 Å². The minimum absolute atomic E-state index is 0.673.